The third-order valence-electron chi connectivity index (χ3n) is 3.75. The number of pyridine rings is 1. The van der Waals surface area contributed by atoms with Crippen LogP contribution in [0.5, 0.6) is 0 Å². The van der Waals surface area contributed by atoms with E-state index in [2.05, 4.69) is 42.2 Å². The highest BCUT2D eigenvalue weighted by Crippen LogP contribution is 2.35. The Balaban J connectivity index is 1.67. The Hall–Kier alpha value is -1.28. The summed E-state index contributed by atoms with van der Waals surface area (Å²) >= 11 is 1.99. The van der Waals surface area contributed by atoms with Crippen LogP contribution in [0.4, 0.5) is 0 Å². The summed E-state index contributed by atoms with van der Waals surface area (Å²) in [6, 6.07) is 13.2. The van der Waals surface area contributed by atoms with Gasteiger partial charge in [-0.3, -0.25) is 4.98 Å². The van der Waals surface area contributed by atoms with Crippen LogP contribution in [0.25, 0.3) is 0 Å². The molecular formula is C17H19NS. The molecule has 0 saturated heterocycles. The van der Waals surface area contributed by atoms with E-state index in [1.54, 1.807) is 0 Å². The molecule has 1 fully saturated rings. The topological polar surface area (TPSA) is 12.9 Å². The van der Waals surface area contributed by atoms with E-state index in [1.807, 2.05) is 30.2 Å². The van der Waals surface area contributed by atoms with Gasteiger partial charge in [-0.2, -0.15) is 0 Å². The third-order valence-corrected chi connectivity index (χ3v) is 4.99. The maximum absolute atomic E-state index is 4.20. The van der Waals surface area contributed by atoms with Crippen molar-refractivity contribution in [1.82, 2.24) is 4.98 Å². The fourth-order valence-corrected chi connectivity index (χ4v) is 3.27. The molecular weight excluding hydrogens is 250 g/mol. The van der Waals surface area contributed by atoms with Crippen LogP contribution in [0, 0.1) is 5.92 Å². The van der Waals surface area contributed by atoms with Gasteiger partial charge in [-0.1, -0.05) is 25.1 Å². The smallest absolute Gasteiger partial charge is 0.0305 e. The van der Waals surface area contributed by atoms with Gasteiger partial charge in [0.05, 0.1) is 0 Å². The third kappa shape index (κ3) is 3.38. The molecule has 0 aliphatic heterocycles. The van der Waals surface area contributed by atoms with E-state index in [0.717, 1.165) is 5.92 Å². The minimum Gasteiger partial charge on any atom is -0.264 e. The van der Waals surface area contributed by atoms with Crippen molar-refractivity contribution in [2.24, 2.45) is 5.92 Å². The van der Waals surface area contributed by atoms with E-state index < -0.39 is 0 Å². The molecule has 1 unspecified atom stereocenters. The summed E-state index contributed by atoms with van der Waals surface area (Å²) in [7, 11) is 0. The Morgan fingerprint density at radius 3 is 2.58 bits per heavy atom. The summed E-state index contributed by atoms with van der Waals surface area (Å²) in [6.07, 6.45) is 6.65. The largest absolute Gasteiger partial charge is 0.264 e. The fraction of sp³-hybridized carbons (Fsp3) is 0.353. The van der Waals surface area contributed by atoms with Crippen molar-refractivity contribution < 1.29 is 0 Å². The molecule has 1 nitrogen and oxygen atoms in total. The van der Waals surface area contributed by atoms with Gasteiger partial charge >= 0.3 is 0 Å². The van der Waals surface area contributed by atoms with Crippen LogP contribution in [-0.2, 0) is 0 Å². The predicted molar refractivity (Wildman–Crippen MR) is 81.6 cm³/mol. The Bertz CT molecular complexity index is 517. The summed E-state index contributed by atoms with van der Waals surface area (Å²) < 4.78 is 0. The second-order valence-corrected chi connectivity index (χ2v) is 6.42. The molecule has 1 heterocycles. The van der Waals surface area contributed by atoms with Crippen molar-refractivity contribution in [1.29, 1.82) is 0 Å². The summed E-state index contributed by atoms with van der Waals surface area (Å²) in [4.78, 5) is 5.60. The van der Waals surface area contributed by atoms with Crippen LogP contribution < -0.4 is 0 Å². The van der Waals surface area contributed by atoms with Crippen LogP contribution >= 0.6 is 11.8 Å². The first-order chi connectivity index (χ1) is 9.33. The highest BCUT2D eigenvalue weighted by molar-refractivity contribution is 7.99. The second-order valence-electron chi connectivity index (χ2n) is 5.33. The van der Waals surface area contributed by atoms with Gasteiger partial charge in [-0.25, -0.2) is 0 Å². The molecule has 0 amide bonds. The molecule has 1 aromatic carbocycles. The number of nitrogens with zero attached hydrogens (tertiary/aromatic N) is 1. The Kier molecular flexibility index (Phi) is 3.88. The number of hydrogen-bond donors (Lipinski definition) is 0. The molecule has 2 heteroatoms. The van der Waals surface area contributed by atoms with Crippen molar-refractivity contribution in [3.8, 4) is 0 Å². The Morgan fingerprint density at radius 1 is 1.16 bits per heavy atom. The molecule has 0 spiro atoms. The minimum atomic E-state index is 0.413. The van der Waals surface area contributed by atoms with E-state index in [1.165, 1.54) is 34.6 Å². The van der Waals surface area contributed by atoms with Crippen LogP contribution in [0.3, 0.4) is 0 Å². The van der Waals surface area contributed by atoms with Crippen molar-refractivity contribution in [2.45, 2.75) is 30.6 Å². The fourth-order valence-electron chi connectivity index (χ4n) is 2.18. The molecule has 98 valence electrons. The van der Waals surface area contributed by atoms with E-state index in [9.17, 15) is 0 Å². The van der Waals surface area contributed by atoms with Gasteiger partial charge in [-0.15, -0.1) is 11.8 Å². The molecule has 19 heavy (non-hydrogen) atoms. The molecule has 1 aliphatic carbocycles. The summed E-state index contributed by atoms with van der Waals surface area (Å²) in [6.45, 7) is 2.24. The SMILES string of the molecule is CC(c1ccc(SCC2CC2)cc1)c1cccnc1. The lowest BCUT2D eigenvalue weighted by Crippen LogP contribution is -1.96. The monoisotopic (exact) mass is 269 g/mol. The van der Waals surface area contributed by atoms with Gasteiger partial charge in [0.2, 0.25) is 0 Å². The maximum Gasteiger partial charge on any atom is 0.0305 e. The number of aromatic nitrogens is 1. The average Bonchev–Trinajstić information content (AvgIpc) is 3.30. The molecule has 2 aromatic rings. The quantitative estimate of drug-likeness (QED) is 0.727. The Labute approximate surface area is 119 Å². The first-order valence-electron chi connectivity index (χ1n) is 6.95. The molecule has 1 aromatic heterocycles. The highest BCUT2D eigenvalue weighted by Gasteiger charge is 2.21. The van der Waals surface area contributed by atoms with E-state index in [0.29, 0.717) is 5.92 Å². The lowest BCUT2D eigenvalue weighted by atomic mass is 9.95. The lowest BCUT2D eigenvalue weighted by Gasteiger charge is -2.12. The van der Waals surface area contributed by atoms with Crippen molar-refractivity contribution in [3.63, 3.8) is 0 Å². The molecule has 0 bridgehead atoms. The van der Waals surface area contributed by atoms with Crippen molar-refractivity contribution in [3.05, 3.63) is 59.9 Å². The molecule has 1 saturated carbocycles. The second kappa shape index (κ2) is 5.79. The van der Waals surface area contributed by atoms with E-state index in [4.69, 9.17) is 0 Å². The van der Waals surface area contributed by atoms with Gasteiger partial charge in [0.1, 0.15) is 0 Å². The molecule has 1 aliphatic rings. The van der Waals surface area contributed by atoms with Crippen molar-refractivity contribution in [2.75, 3.05) is 5.75 Å². The molecule has 1 atom stereocenters. The Morgan fingerprint density at radius 2 is 1.95 bits per heavy atom. The van der Waals surface area contributed by atoms with E-state index in [-0.39, 0.29) is 0 Å². The number of benzene rings is 1. The molecule has 0 N–H and O–H groups in total. The lowest BCUT2D eigenvalue weighted by molar-refractivity contribution is 0.909. The first kappa shape index (κ1) is 12.7. The number of hydrogen-bond acceptors (Lipinski definition) is 2. The zero-order chi connectivity index (χ0) is 13.1. The number of thioether (sulfide) groups is 1. The van der Waals surface area contributed by atoms with Crippen LogP contribution in [0.15, 0.2) is 53.7 Å². The van der Waals surface area contributed by atoms with Gasteiger partial charge in [0.15, 0.2) is 0 Å². The average molecular weight is 269 g/mol. The minimum absolute atomic E-state index is 0.413. The van der Waals surface area contributed by atoms with Crippen LogP contribution in [0.1, 0.15) is 36.8 Å². The standard InChI is InChI=1S/C17H19NS/c1-13(16-3-2-10-18-11-16)15-6-8-17(9-7-15)19-12-14-4-5-14/h2-3,6-11,13-14H,4-5,12H2,1H3. The predicted octanol–water partition coefficient (Wildman–Crippen LogP) is 4.74. The van der Waals surface area contributed by atoms with E-state index >= 15 is 0 Å². The van der Waals surface area contributed by atoms with Crippen LogP contribution in [-0.4, -0.2) is 10.7 Å². The van der Waals surface area contributed by atoms with Crippen LogP contribution in [0.2, 0.25) is 0 Å². The zero-order valence-electron chi connectivity index (χ0n) is 11.3. The van der Waals surface area contributed by atoms with Gasteiger partial charge in [-0.05, 0) is 48.1 Å². The molecule has 3 rings (SSSR count). The zero-order valence-corrected chi connectivity index (χ0v) is 12.1. The summed E-state index contributed by atoms with van der Waals surface area (Å²) in [5.41, 5.74) is 2.64. The summed E-state index contributed by atoms with van der Waals surface area (Å²) in [5, 5.41) is 0. The summed E-state index contributed by atoms with van der Waals surface area (Å²) in [5.74, 6) is 2.69. The first-order valence-corrected chi connectivity index (χ1v) is 7.94. The highest BCUT2D eigenvalue weighted by atomic mass is 32.2. The number of rotatable bonds is 5. The van der Waals surface area contributed by atoms with Crippen molar-refractivity contribution >= 4 is 11.8 Å². The van der Waals surface area contributed by atoms with Gasteiger partial charge in [0, 0.05) is 29.0 Å². The van der Waals surface area contributed by atoms with Gasteiger partial charge in [0.25, 0.3) is 0 Å². The van der Waals surface area contributed by atoms with Gasteiger partial charge < -0.3 is 0 Å². The molecule has 0 radical (unpaired) electrons. The maximum atomic E-state index is 4.20. The normalized spacial score (nSPS) is 16.3.